The predicted molar refractivity (Wildman–Crippen MR) is 109 cm³/mol. The first-order chi connectivity index (χ1) is 12.9. The zero-order valence-corrected chi connectivity index (χ0v) is 17.3. The second kappa shape index (κ2) is 9.98. The van der Waals surface area contributed by atoms with Crippen molar-refractivity contribution < 1.29 is 24.4 Å². The van der Waals surface area contributed by atoms with Gasteiger partial charge in [0.25, 0.3) is 0 Å². The number of halogens is 1. The predicted octanol–water partition coefficient (Wildman–Crippen LogP) is 3.29. The van der Waals surface area contributed by atoms with E-state index in [0.29, 0.717) is 24.7 Å². The molecule has 0 aliphatic carbocycles. The molecule has 3 rings (SSSR count). The van der Waals surface area contributed by atoms with Gasteiger partial charge in [-0.3, -0.25) is 0 Å². The molecule has 0 spiro atoms. The van der Waals surface area contributed by atoms with E-state index in [1.165, 1.54) is 5.56 Å². The number of methoxy groups -OCH3 is 1. The number of hydrogen-bond acceptors (Lipinski definition) is 6. The highest BCUT2D eigenvalue weighted by Crippen LogP contribution is 2.30. The molecule has 1 heterocycles. The van der Waals surface area contributed by atoms with Crippen LogP contribution in [0, 0.1) is 0 Å². The number of β-amino-alcohol motifs (C(OH)–C–C–N with tert-alkyl or cyclic N) is 1. The van der Waals surface area contributed by atoms with E-state index < -0.39 is 6.10 Å². The summed E-state index contributed by atoms with van der Waals surface area (Å²) in [4.78, 5) is 9.96. The summed E-state index contributed by atoms with van der Waals surface area (Å²) in [6.45, 7) is 5.32. The molecule has 1 unspecified atom stereocenters. The van der Waals surface area contributed by atoms with Gasteiger partial charge in [0.05, 0.1) is 7.11 Å². The largest absolute Gasteiger partial charge is 0.497 e. The highest BCUT2D eigenvalue weighted by molar-refractivity contribution is 5.85. The van der Waals surface area contributed by atoms with Crippen LogP contribution in [0.2, 0.25) is 0 Å². The Morgan fingerprint density at radius 2 is 1.86 bits per heavy atom. The average molecular weight is 410 g/mol. The van der Waals surface area contributed by atoms with Crippen molar-refractivity contribution in [2.75, 3.05) is 20.3 Å². The molecule has 7 heteroatoms. The van der Waals surface area contributed by atoms with Crippen LogP contribution in [0.3, 0.4) is 0 Å². The summed E-state index contributed by atoms with van der Waals surface area (Å²) in [7, 11) is 1.66. The number of rotatable bonds is 9. The number of aliphatic hydroxyl groups is 1. The smallest absolute Gasteiger partial charge is 0.174 e. The van der Waals surface area contributed by atoms with Gasteiger partial charge < -0.3 is 24.8 Å². The molecular weight excluding hydrogens is 382 g/mol. The lowest BCUT2D eigenvalue weighted by Gasteiger charge is -2.28. The summed E-state index contributed by atoms with van der Waals surface area (Å²) in [6, 6.07) is 13.6. The Morgan fingerprint density at radius 1 is 1.14 bits per heavy atom. The van der Waals surface area contributed by atoms with Gasteiger partial charge in [-0.25, -0.2) is 0 Å². The minimum absolute atomic E-state index is 0. The monoisotopic (exact) mass is 409 g/mol. The molecule has 0 bridgehead atoms. The van der Waals surface area contributed by atoms with E-state index in [2.05, 4.69) is 31.3 Å². The van der Waals surface area contributed by atoms with Crippen LogP contribution in [0.4, 0.5) is 0 Å². The fourth-order valence-electron chi connectivity index (χ4n) is 2.94. The average Bonchev–Trinajstić information content (AvgIpc) is 3.13. The van der Waals surface area contributed by atoms with Gasteiger partial charge >= 0.3 is 0 Å². The highest BCUT2D eigenvalue weighted by Gasteiger charge is 2.20. The number of fused-ring (bicyclic) bond motifs is 1. The van der Waals surface area contributed by atoms with Crippen molar-refractivity contribution in [2.24, 2.45) is 0 Å². The Kier molecular flexibility index (Phi) is 7.95. The summed E-state index contributed by atoms with van der Waals surface area (Å²) in [5.41, 5.74) is 2.04. The molecule has 154 valence electrons. The third kappa shape index (κ3) is 6.27. The molecule has 1 aliphatic rings. The molecule has 2 aromatic carbocycles. The molecule has 28 heavy (non-hydrogen) atoms. The first kappa shape index (κ1) is 22.3. The molecule has 6 nitrogen and oxygen atoms in total. The lowest BCUT2D eigenvalue weighted by Crippen LogP contribution is -2.46. The molecule has 0 radical (unpaired) electrons. The van der Waals surface area contributed by atoms with Gasteiger partial charge in [0.1, 0.15) is 30.8 Å². The normalized spacial score (nSPS) is 13.9. The van der Waals surface area contributed by atoms with E-state index in [9.17, 15) is 5.11 Å². The number of benzene rings is 2. The standard InChI is InChI=1S/C21H27NO5.ClH/c1-21(2,11-15-4-7-18(24-3)8-5-15)22-12-17(23)14-25-19-9-6-16-13-26-27-20(16)10-19;/h4-10,17,22-23H,11-14H2,1-3H3;1H. The zero-order valence-electron chi connectivity index (χ0n) is 16.4. The fraction of sp³-hybridized carbons (Fsp3) is 0.429. The summed E-state index contributed by atoms with van der Waals surface area (Å²) < 4.78 is 10.9. The van der Waals surface area contributed by atoms with Crippen molar-refractivity contribution in [1.82, 2.24) is 5.32 Å². The van der Waals surface area contributed by atoms with Gasteiger partial charge in [-0.2, -0.15) is 4.89 Å². The van der Waals surface area contributed by atoms with Gasteiger partial charge in [0.15, 0.2) is 5.75 Å². The van der Waals surface area contributed by atoms with Crippen LogP contribution in [0.5, 0.6) is 17.2 Å². The molecule has 0 saturated heterocycles. The molecule has 0 saturated carbocycles. The van der Waals surface area contributed by atoms with Crippen molar-refractivity contribution in [3.05, 3.63) is 53.6 Å². The second-order valence-electron chi connectivity index (χ2n) is 7.37. The lowest BCUT2D eigenvalue weighted by atomic mass is 9.94. The van der Waals surface area contributed by atoms with Crippen LogP contribution in [0.15, 0.2) is 42.5 Å². The maximum Gasteiger partial charge on any atom is 0.174 e. The van der Waals surface area contributed by atoms with Crippen molar-refractivity contribution in [3.8, 4) is 17.2 Å². The Morgan fingerprint density at radius 3 is 2.57 bits per heavy atom. The van der Waals surface area contributed by atoms with Gasteiger partial charge in [0.2, 0.25) is 0 Å². The summed E-state index contributed by atoms with van der Waals surface area (Å²) in [6.07, 6.45) is 0.220. The first-order valence-electron chi connectivity index (χ1n) is 9.06. The zero-order chi connectivity index (χ0) is 19.3. The van der Waals surface area contributed by atoms with Gasteiger partial charge in [-0.05, 0) is 50.1 Å². The molecule has 2 aromatic rings. The van der Waals surface area contributed by atoms with E-state index in [1.807, 2.05) is 24.3 Å². The minimum atomic E-state index is -0.620. The number of hydrogen-bond donors (Lipinski definition) is 2. The van der Waals surface area contributed by atoms with E-state index in [0.717, 1.165) is 17.7 Å². The summed E-state index contributed by atoms with van der Waals surface area (Å²) >= 11 is 0. The van der Waals surface area contributed by atoms with Crippen molar-refractivity contribution in [3.63, 3.8) is 0 Å². The SMILES string of the molecule is COc1ccc(CC(C)(C)NCC(O)COc2ccc3c(c2)OOC3)cc1.Cl. The quantitative estimate of drug-likeness (QED) is 0.619. The summed E-state index contributed by atoms with van der Waals surface area (Å²) in [5.74, 6) is 2.16. The molecule has 1 aliphatic heterocycles. The Bertz CT molecular complexity index is 751. The highest BCUT2D eigenvalue weighted by atomic mass is 35.5. The molecule has 1 atom stereocenters. The number of aliphatic hydroxyl groups excluding tert-OH is 1. The van der Waals surface area contributed by atoms with Gasteiger partial charge in [-0.15, -0.1) is 12.4 Å². The third-order valence-corrected chi connectivity index (χ3v) is 4.47. The number of ether oxygens (including phenoxy) is 2. The topological polar surface area (TPSA) is 69.2 Å². The van der Waals surface area contributed by atoms with Crippen molar-refractivity contribution in [2.45, 2.75) is 38.5 Å². The maximum absolute atomic E-state index is 10.2. The van der Waals surface area contributed by atoms with Crippen LogP contribution in [-0.2, 0) is 17.9 Å². The molecule has 0 amide bonds. The summed E-state index contributed by atoms with van der Waals surface area (Å²) in [5, 5.41) is 13.6. The van der Waals surface area contributed by atoms with Gasteiger partial charge in [0, 0.05) is 23.7 Å². The molecule has 0 aromatic heterocycles. The second-order valence-corrected chi connectivity index (χ2v) is 7.37. The van der Waals surface area contributed by atoms with Crippen LogP contribution in [0.1, 0.15) is 25.0 Å². The van der Waals surface area contributed by atoms with Crippen LogP contribution >= 0.6 is 12.4 Å². The number of nitrogens with one attached hydrogen (secondary N) is 1. The first-order valence-corrected chi connectivity index (χ1v) is 9.06. The van der Waals surface area contributed by atoms with Crippen molar-refractivity contribution >= 4 is 12.4 Å². The Balaban J connectivity index is 0.00000280. The van der Waals surface area contributed by atoms with E-state index in [-0.39, 0.29) is 24.6 Å². The van der Waals surface area contributed by atoms with Crippen molar-refractivity contribution in [1.29, 1.82) is 0 Å². The molecule has 0 fully saturated rings. The molecular formula is C21H28ClNO5. The fourth-order valence-corrected chi connectivity index (χ4v) is 2.94. The third-order valence-electron chi connectivity index (χ3n) is 4.47. The molecule has 2 N–H and O–H groups in total. The minimum Gasteiger partial charge on any atom is -0.497 e. The van der Waals surface area contributed by atoms with E-state index in [4.69, 9.17) is 19.2 Å². The van der Waals surface area contributed by atoms with Crippen LogP contribution in [-0.4, -0.2) is 37.0 Å². The lowest BCUT2D eigenvalue weighted by molar-refractivity contribution is -0.194. The van der Waals surface area contributed by atoms with Crippen LogP contribution < -0.4 is 19.7 Å². The van der Waals surface area contributed by atoms with E-state index >= 15 is 0 Å². The van der Waals surface area contributed by atoms with Crippen LogP contribution in [0.25, 0.3) is 0 Å². The Labute approximate surface area is 172 Å². The Hall–Kier alpha value is -1.99. The maximum atomic E-state index is 10.2. The van der Waals surface area contributed by atoms with Gasteiger partial charge in [-0.1, -0.05) is 12.1 Å². The van der Waals surface area contributed by atoms with E-state index in [1.54, 1.807) is 13.2 Å².